The number of nitrogens with two attached hydrogens (primary N) is 1. The largest absolute Gasteiger partial charge is 0.491 e. The molecule has 3 heteroatoms. The van der Waals surface area contributed by atoms with E-state index in [4.69, 9.17) is 15.2 Å². The minimum atomic E-state index is -0.0990. The first-order chi connectivity index (χ1) is 7.54. The molecule has 16 heavy (non-hydrogen) atoms. The summed E-state index contributed by atoms with van der Waals surface area (Å²) in [5, 5.41) is 0. The van der Waals surface area contributed by atoms with Crippen LogP contribution in [0.15, 0.2) is 24.3 Å². The maximum Gasteiger partial charge on any atom is 0.119 e. The molecule has 0 radical (unpaired) electrons. The van der Waals surface area contributed by atoms with Crippen LogP contribution in [0.4, 0.5) is 0 Å². The molecule has 1 rings (SSSR count). The SMILES string of the molecule is COC(C)C(N)c1ccc(OC(C)C)cc1. The predicted octanol–water partition coefficient (Wildman–Crippen LogP) is 2.51. The molecule has 0 aromatic heterocycles. The van der Waals surface area contributed by atoms with Crippen LogP contribution in [-0.2, 0) is 4.74 Å². The van der Waals surface area contributed by atoms with Crippen molar-refractivity contribution < 1.29 is 9.47 Å². The van der Waals surface area contributed by atoms with Crippen molar-refractivity contribution in [2.75, 3.05) is 7.11 Å². The Bertz CT molecular complexity index is 308. The van der Waals surface area contributed by atoms with Crippen LogP contribution in [0.3, 0.4) is 0 Å². The summed E-state index contributed by atoms with van der Waals surface area (Å²) in [6, 6.07) is 7.75. The zero-order chi connectivity index (χ0) is 12.1. The first-order valence-corrected chi connectivity index (χ1v) is 5.59. The smallest absolute Gasteiger partial charge is 0.119 e. The van der Waals surface area contributed by atoms with E-state index in [1.54, 1.807) is 7.11 Å². The lowest BCUT2D eigenvalue weighted by molar-refractivity contribution is 0.0956. The van der Waals surface area contributed by atoms with Gasteiger partial charge in [-0.05, 0) is 38.5 Å². The summed E-state index contributed by atoms with van der Waals surface area (Å²) in [5.74, 6) is 0.871. The van der Waals surface area contributed by atoms with Gasteiger partial charge in [-0.25, -0.2) is 0 Å². The third kappa shape index (κ3) is 3.51. The molecule has 3 nitrogen and oxygen atoms in total. The van der Waals surface area contributed by atoms with Crippen LogP contribution in [-0.4, -0.2) is 19.3 Å². The molecular formula is C13H21NO2. The van der Waals surface area contributed by atoms with Crippen LogP contribution in [0, 0.1) is 0 Å². The summed E-state index contributed by atoms with van der Waals surface area (Å²) < 4.78 is 10.8. The van der Waals surface area contributed by atoms with Crippen molar-refractivity contribution in [1.29, 1.82) is 0 Å². The van der Waals surface area contributed by atoms with E-state index in [1.165, 1.54) is 0 Å². The van der Waals surface area contributed by atoms with E-state index in [1.807, 2.05) is 45.0 Å². The van der Waals surface area contributed by atoms with Crippen LogP contribution in [0.1, 0.15) is 32.4 Å². The molecule has 2 unspecified atom stereocenters. The number of ether oxygens (including phenoxy) is 2. The van der Waals surface area contributed by atoms with Crippen LogP contribution in [0.2, 0.25) is 0 Å². The summed E-state index contributed by atoms with van der Waals surface area (Å²) in [7, 11) is 1.67. The van der Waals surface area contributed by atoms with Crippen molar-refractivity contribution in [2.45, 2.75) is 39.0 Å². The van der Waals surface area contributed by atoms with Gasteiger partial charge in [-0.3, -0.25) is 0 Å². The molecule has 0 bridgehead atoms. The highest BCUT2D eigenvalue weighted by atomic mass is 16.5. The highest BCUT2D eigenvalue weighted by molar-refractivity contribution is 5.29. The quantitative estimate of drug-likeness (QED) is 0.834. The molecule has 0 fully saturated rings. The van der Waals surface area contributed by atoms with E-state index in [0.29, 0.717) is 0 Å². The van der Waals surface area contributed by atoms with E-state index < -0.39 is 0 Å². The Hall–Kier alpha value is -1.06. The molecule has 0 spiro atoms. The standard InChI is InChI=1S/C13H21NO2/c1-9(2)16-12-7-5-11(6-8-12)13(14)10(3)15-4/h5-10,13H,14H2,1-4H3. The van der Waals surface area contributed by atoms with Gasteiger partial charge in [0.25, 0.3) is 0 Å². The zero-order valence-corrected chi connectivity index (χ0v) is 10.4. The lowest BCUT2D eigenvalue weighted by atomic mass is 10.0. The zero-order valence-electron chi connectivity index (χ0n) is 10.4. The number of hydrogen-bond acceptors (Lipinski definition) is 3. The van der Waals surface area contributed by atoms with E-state index in [0.717, 1.165) is 11.3 Å². The first-order valence-electron chi connectivity index (χ1n) is 5.59. The van der Waals surface area contributed by atoms with Crippen LogP contribution in [0.5, 0.6) is 5.75 Å². The Balaban J connectivity index is 2.70. The molecular weight excluding hydrogens is 202 g/mol. The van der Waals surface area contributed by atoms with Crippen molar-refractivity contribution in [3.63, 3.8) is 0 Å². The molecule has 0 aliphatic rings. The van der Waals surface area contributed by atoms with Gasteiger partial charge >= 0.3 is 0 Å². The second-order valence-corrected chi connectivity index (χ2v) is 4.20. The highest BCUT2D eigenvalue weighted by Gasteiger charge is 2.13. The van der Waals surface area contributed by atoms with Crippen LogP contribution in [0.25, 0.3) is 0 Å². The van der Waals surface area contributed by atoms with E-state index in [-0.39, 0.29) is 18.2 Å². The van der Waals surface area contributed by atoms with Gasteiger partial charge in [-0.1, -0.05) is 12.1 Å². The maximum absolute atomic E-state index is 6.03. The molecule has 1 aromatic carbocycles. The lowest BCUT2D eigenvalue weighted by Gasteiger charge is -2.19. The van der Waals surface area contributed by atoms with Crippen molar-refractivity contribution in [2.24, 2.45) is 5.73 Å². The Kier molecular flexibility index (Phi) is 4.77. The van der Waals surface area contributed by atoms with Gasteiger partial charge in [0.1, 0.15) is 5.75 Å². The second-order valence-electron chi connectivity index (χ2n) is 4.20. The van der Waals surface area contributed by atoms with E-state index >= 15 is 0 Å². The molecule has 0 aliphatic carbocycles. The van der Waals surface area contributed by atoms with Crippen molar-refractivity contribution >= 4 is 0 Å². The van der Waals surface area contributed by atoms with Gasteiger partial charge in [0.15, 0.2) is 0 Å². The van der Waals surface area contributed by atoms with Gasteiger partial charge in [0.2, 0.25) is 0 Å². The second kappa shape index (κ2) is 5.87. The summed E-state index contributed by atoms with van der Waals surface area (Å²) in [6.45, 7) is 5.97. The Labute approximate surface area is 97.6 Å². The van der Waals surface area contributed by atoms with Crippen molar-refractivity contribution in [1.82, 2.24) is 0 Å². The Morgan fingerprint density at radius 1 is 1.06 bits per heavy atom. The predicted molar refractivity (Wildman–Crippen MR) is 65.6 cm³/mol. The molecule has 2 atom stereocenters. The fraction of sp³-hybridized carbons (Fsp3) is 0.538. The Morgan fingerprint density at radius 3 is 2.06 bits per heavy atom. The number of hydrogen-bond donors (Lipinski definition) is 1. The third-order valence-electron chi connectivity index (χ3n) is 2.51. The average Bonchev–Trinajstić information content (AvgIpc) is 2.27. The monoisotopic (exact) mass is 223 g/mol. The summed E-state index contributed by atoms with van der Waals surface area (Å²) in [4.78, 5) is 0. The van der Waals surface area contributed by atoms with Gasteiger partial charge < -0.3 is 15.2 Å². The van der Waals surface area contributed by atoms with Crippen molar-refractivity contribution in [3.8, 4) is 5.75 Å². The lowest BCUT2D eigenvalue weighted by Crippen LogP contribution is -2.25. The molecule has 1 aromatic rings. The maximum atomic E-state index is 6.03. The molecule has 2 N–H and O–H groups in total. The van der Waals surface area contributed by atoms with Gasteiger partial charge in [-0.15, -0.1) is 0 Å². The van der Waals surface area contributed by atoms with Crippen LogP contribution >= 0.6 is 0 Å². The molecule has 0 amide bonds. The van der Waals surface area contributed by atoms with Gasteiger partial charge in [-0.2, -0.15) is 0 Å². The Morgan fingerprint density at radius 2 is 1.62 bits per heavy atom. The fourth-order valence-electron chi connectivity index (χ4n) is 1.46. The molecule has 0 aliphatic heterocycles. The minimum absolute atomic E-state index is 0.0110. The first kappa shape index (κ1) is 13.0. The minimum Gasteiger partial charge on any atom is -0.491 e. The molecule has 90 valence electrons. The fourth-order valence-corrected chi connectivity index (χ4v) is 1.46. The van der Waals surface area contributed by atoms with Crippen LogP contribution < -0.4 is 10.5 Å². The summed E-state index contributed by atoms with van der Waals surface area (Å²) in [6.07, 6.45) is 0.203. The summed E-state index contributed by atoms with van der Waals surface area (Å²) >= 11 is 0. The molecule has 0 saturated heterocycles. The van der Waals surface area contributed by atoms with E-state index in [9.17, 15) is 0 Å². The van der Waals surface area contributed by atoms with E-state index in [2.05, 4.69) is 0 Å². The number of methoxy groups -OCH3 is 1. The number of rotatable bonds is 5. The molecule has 0 saturated carbocycles. The number of benzene rings is 1. The topological polar surface area (TPSA) is 44.5 Å². The highest BCUT2D eigenvalue weighted by Crippen LogP contribution is 2.20. The average molecular weight is 223 g/mol. The van der Waals surface area contributed by atoms with Gasteiger partial charge in [0, 0.05) is 7.11 Å². The van der Waals surface area contributed by atoms with Gasteiger partial charge in [0.05, 0.1) is 18.2 Å². The molecule has 0 heterocycles. The third-order valence-corrected chi connectivity index (χ3v) is 2.51. The van der Waals surface area contributed by atoms with Crippen molar-refractivity contribution in [3.05, 3.63) is 29.8 Å². The normalized spacial score (nSPS) is 14.9. The summed E-state index contributed by atoms with van der Waals surface area (Å²) in [5.41, 5.74) is 7.10.